The van der Waals surface area contributed by atoms with Crippen molar-refractivity contribution < 1.29 is 14.3 Å². The monoisotopic (exact) mass is 261 g/mol. The van der Waals surface area contributed by atoms with Crippen molar-refractivity contribution in [3.63, 3.8) is 0 Å². The van der Waals surface area contributed by atoms with E-state index in [2.05, 4.69) is 0 Å². The van der Waals surface area contributed by atoms with Crippen molar-refractivity contribution >= 4 is 17.4 Å². The lowest BCUT2D eigenvalue weighted by Gasteiger charge is -2.31. The quantitative estimate of drug-likeness (QED) is 0.782. The number of Topliss-reactive ketones (excluding diaryl/α,β-unsaturated/α-hetero) is 1. The Bertz CT molecular complexity index is 467. The number of amides is 1. The Hall–Kier alpha value is -1.84. The molecule has 2 rings (SSSR count). The zero-order chi connectivity index (χ0) is 13.8. The molecule has 1 aromatic rings. The van der Waals surface area contributed by atoms with Crippen LogP contribution in [0, 0.1) is 5.92 Å². The minimum atomic E-state index is -0.458. The number of methoxy groups -OCH3 is 1. The number of carbonyl (C=O) groups is 2. The van der Waals surface area contributed by atoms with Gasteiger partial charge in [-0.1, -0.05) is 6.92 Å². The van der Waals surface area contributed by atoms with Gasteiger partial charge < -0.3 is 9.64 Å². The molecule has 19 heavy (non-hydrogen) atoms. The van der Waals surface area contributed by atoms with Crippen LogP contribution in [0.2, 0.25) is 0 Å². The molecule has 1 aromatic carbocycles. The van der Waals surface area contributed by atoms with Crippen molar-refractivity contribution in [2.75, 3.05) is 18.6 Å². The fraction of sp³-hybridized carbons (Fsp3) is 0.467. The maximum atomic E-state index is 12.4. The summed E-state index contributed by atoms with van der Waals surface area (Å²) >= 11 is 0. The van der Waals surface area contributed by atoms with Gasteiger partial charge in [0.2, 0.25) is 5.91 Å². The zero-order valence-electron chi connectivity index (χ0n) is 11.4. The summed E-state index contributed by atoms with van der Waals surface area (Å²) in [5, 5.41) is 0. The van der Waals surface area contributed by atoms with Crippen molar-refractivity contribution in [3.05, 3.63) is 24.3 Å². The number of ether oxygens (including phenoxy) is 1. The van der Waals surface area contributed by atoms with Gasteiger partial charge >= 0.3 is 0 Å². The standard InChI is InChI=1S/C15H19NO3/c1-3-14(17)13-5-4-10-16(15(13)18)11-6-8-12(19-2)9-7-11/h6-9,13H,3-5,10H2,1-2H3/t13-/m0/s1. The fourth-order valence-electron chi connectivity index (χ4n) is 2.44. The van der Waals surface area contributed by atoms with Crippen molar-refractivity contribution in [2.24, 2.45) is 5.92 Å². The molecule has 4 heteroatoms. The Labute approximate surface area is 113 Å². The highest BCUT2D eigenvalue weighted by molar-refractivity contribution is 6.08. The molecular weight excluding hydrogens is 242 g/mol. The maximum Gasteiger partial charge on any atom is 0.237 e. The van der Waals surface area contributed by atoms with Crippen LogP contribution >= 0.6 is 0 Å². The SMILES string of the molecule is CCC(=O)[C@@H]1CCCN(c2ccc(OC)cc2)C1=O. The first kappa shape index (κ1) is 13.6. The summed E-state index contributed by atoms with van der Waals surface area (Å²) in [7, 11) is 1.61. The summed E-state index contributed by atoms with van der Waals surface area (Å²) in [5.74, 6) is 0.279. The maximum absolute atomic E-state index is 12.4. The average Bonchev–Trinajstić information content (AvgIpc) is 2.47. The third kappa shape index (κ3) is 2.78. The minimum Gasteiger partial charge on any atom is -0.497 e. The van der Waals surface area contributed by atoms with E-state index in [1.807, 2.05) is 31.2 Å². The molecule has 0 spiro atoms. The molecule has 1 amide bonds. The molecule has 0 aromatic heterocycles. The highest BCUT2D eigenvalue weighted by Gasteiger charge is 2.33. The van der Waals surface area contributed by atoms with Crippen LogP contribution < -0.4 is 9.64 Å². The van der Waals surface area contributed by atoms with E-state index in [0.29, 0.717) is 19.4 Å². The Morgan fingerprint density at radius 3 is 2.63 bits per heavy atom. The van der Waals surface area contributed by atoms with Gasteiger partial charge in [0.1, 0.15) is 11.5 Å². The van der Waals surface area contributed by atoms with Crippen molar-refractivity contribution in [1.29, 1.82) is 0 Å². The molecule has 102 valence electrons. The summed E-state index contributed by atoms with van der Waals surface area (Å²) in [4.78, 5) is 25.9. The number of ketones is 1. The molecule has 1 aliphatic rings. The number of rotatable bonds is 4. The van der Waals surface area contributed by atoms with E-state index in [1.165, 1.54) is 0 Å². The molecule has 0 N–H and O–H groups in total. The third-order valence-corrected chi connectivity index (χ3v) is 3.56. The fourth-order valence-corrected chi connectivity index (χ4v) is 2.44. The van der Waals surface area contributed by atoms with Gasteiger partial charge in [-0.05, 0) is 37.1 Å². The number of nitrogens with zero attached hydrogens (tertiary/aromatic N) is 1. The van der Waals surface area contributed by atoms with Crippen LogP contribution in [-0.2, 0) is 9.59 Å². The zero-order valence-corrected chi connectivity index (χ0v) is 11.4. The predicted molar refractivity (Wildman–Crippen MR) is 73.4 cm³/mol. The van der Waals surface area contributed by atoms with E-state index >= 15 is 0 Å². The number of piperidine rings is 1. The van der Waals surface area contributed by atoms with Crippen molar-refractivity contribution in [3.8, 4) is 5.75 Å². The van der Waals surface area contributed by atoms with Gasteiger partial charge in [0.25, 0.3) is 0 Å². The van der Waals surface area contributed by atoms with Gasteiger partial charge in [0, 0.05) is 18.7 Å². The Morgan fingerprint density at radius 2 is 2.05 bits per heavy atom. The smallest absolute Gasteiger partial charge is 0.237 e. The average molecular weight is 261 g/mol. The number of benzene rings is 1. The first-order valence-electron chi connectivity index (χ1n) is 6.65. The molecule has 4 nitrogen and oxygen atoms in total. The Kier molecular flexibility index (Phi) is 4.20. The van der Waals surface area contributed by atoms with E-state index < -0.39 is 5.92 Å². The summed E-state index contributed by atoms with van der Waals surface area (Å²) in [6.07, 6.45) is 1.97. The summed E-state index contributed by atoms with van der Waals surface area (Å²) < 4.78 is 5.10. The largest absolute Gasteiger partial charge is 0.497 e. The Balaban J connectivity index is 2.18. The number of hydrogen-bond acceptors (Lipinski definition) is 3. The normalized spacial score (nSPS) is 19.4. The van der Waals surface area contributed by atoms with E-state index in [4.69, 9.17) is 4.74 Å². The molecule has 0 bridgehead atoms. The van der Waals surface area contributed by atoms with Gasteiger partial charge in [-0.15, -0.1) is 0 Å². The molecular formula is C15H19NO3. The molecule has 0 aliphatic carbocycles. The van der Waals surface area contributed by atoms with Crippen LogP contribution in [0.1, 0.15) is 26.2 Å². The van der Waals surface area contributed by atoms with Gasteiger partial charge in [-0.25, -0.2) is 0 Å². The molecule has 1 atom stereocenters. The molecule has 1 aliphatic heterocycles. The first-order valence-corrected chi connectivity index (χ1v) is 6.65. The lowest BCUT2D eigenvalue weighted by Crippen LogP contribution is -2.44. The van der Waals surface area contributed by atoms with Crippen LogP contribution in [0.5, 0.6) is 5.75 Å². The number of carbonyl (C=O) groups excluding carboxylic acids is 2. The van der Waals surface area contributed by atoms with Crippen LogP contribution in [0.15, 0.2) is 24.3 Å². The van der Waals surface area contributed by atoms with Gasteiger partial charge in [-0.3, -0.25) is 9.59 Å². The molecule has 0 unspecified atom stereocenters. The topological polar surface area (TPSA) is 46.6 Å². The first-order chi connectivity index (χ1) is 9.17. The van der Waals surface area contributed by atoms with Gasteiger partial charge in [-0.2, -0.15) is 0 Å². The van der Waals surface area contributed by atoms with Crippen molar-refractivity contribution in [1.82, 2.24) is 0 Å². The molecule has 1 heterocycles. The lowest BCUT2D eigenvalue weighted by atomic mass is 9.91. The van der Waals surface area contributed by atoms with Crippen molar-refractivity contribution in [2.45, 2.75) is 26.2 Å². The molecule has 0 radical (unpaired) electrons. The van der Waals surface area contributed by atoms with E-state index in [0.717, 1.165) is 17.9 Å². The lowest BCUT2D eigenvalue weighted by molar-refractivity contribution is -0.133. The summed E-state index contributed by atoms with van der Waals surface area (Å²) in [6, 6.07) is 7.37. The van der Waals surface area contributed by atoms with Crippen LogP contribution in [-0.4, -0.2) is 25.3 Å². The van der Waals surface area contributed by atoms with Crippen LogP contribution in [0.4, 0.5) is 5.69 Å². The molecule has 1 fully saturated rings. The predicted octanol–water partition coefficient (Wildman–Crippen LogP) is 2.42. The van der Waals surface area contributed by atoms with E-state index in [1.54, 1.807) is 12.0 Å². The highest BCUT2D eigenvalue weighted by Crippen LogP contribution is 2.27. The van der Waals surface area contributed by atoms with Gasteiger partial charge in [0.15, 0.2) is 0 Å². The van der Waals surface area contributed by atoms with Crippen LogP contribution in [0.3, 0.4) is 0 Å². The second-order valence-electron chi connectivity index (χ2n) is 4.70. The summed E-state index contributed by atoms with van der Waals surface area (Å²) in [6.45, 7) is 2.49. The third-order valence-electron chi connectivity index (χ3n) is 3.56. The van der Waals surface area contributed by atoms with E-state index in [9.17, 15) is 9.59 Å². The molecule has 1 saturated heterocycles. The Morgan fingerprint density at radius 1 is 1.37 bits per heavy atom. The number of anilines is 1. The number of hydrogen-bond donors (Lipinski definition) is 0. The second-order valence-corrected chi connectivity index (χ2v) is 4.70. The van der Waals surface area contributed by atoms with Crippen LogP contribution in [0.25, 0.3) is 0 Å². The highest BCUT2D eigenvalue weighted by atomic mass is 16.5. The summed E-state index contributed by atoms with van der Waals surface area (Å²) in [5.41, 5.74) is 0.833. The van der Waals surface area contributed by atoms with E-state index in [-0.39, 0.29) is 11.7 Å². The van der Waals surface area contributed by atoms with Gasteiger partial charge in [0.05, 0.1) is 13.0 Å². The molecule has 0 saturated carbocycles. The minimum absolute atomic E-state index is 0.0446. The second kappa shape index (κ2) is 5.87.